The largest absolute Gasteiger partial charge is 0.378 e. The summed E-state index contributed by atoms with van der Waals surface area (Å²) in [6.07, 6.45) is 0.809. The van der Waals surface area contributed by atoms with Crippen LogP contribution in [0.15, 0.2) is 0 Å². The van der Waals surface area contributed by atoms with Gasteiger partial charge in [0.05, 0.1) is 25.1 Å². The first-order valence-electron chi connectivity index (χ1n) is 7.94. The van der Waals surface area contributed by atoms with E-state index in [0.29, 0.717) is 38.8 Å². The van der Waals surface area contributed by atoms with Gasteiger partial charge in [0.25, 0.3) is 0 Å². The standard InChI is InChI=1S/C14H24N4O3S/c19-13(18-3-6-22-10-18)12-7-11(8-15-12)9-16-14(20)17-1-4-21-5-2-17/h11-12,15H,1-10H2,(H,16,20)/t11-,12-/m0/s1. The average molecular weight is 328 g/mol. The third kappa shape index (κ3) is 3.85. The van der Waals surface area contributed by atoms with Crippen LogP contribution in [0.4, 0.5) is 4.79 Å². The molecule has 3 aliphatic heterocycles. The van der Waals surface area contributed by atoms with Crippen LogP contribution in [-0.2, 0) is 9.53 Å². The quantitative estimate of drug-likeness (QED) is 0.733. The fourth-order valence-electron chi connectivity index (χ4n) is 3.07. The average Bonchev–Trinajstić information content (AvgIpc) is 3.24. The molecule has 0 bridgehead atoms. The Kier molecular flexibility index (Phi) is 5.43. The number of hydrogen-bond donors (Lipinski definition) is 2. The van der Waals surface area contributed by atoms with E-state index >= 15 is 0 Å². The van der Waals surface area contributed by atoms with E-state index in [4.69, 9.17) is 4.74 Å². The van der Waals surface area contributed by atoms with Crippen LogP contribution in [0, 0.1) is 5.92 Å². The Morgan fingerprint density at radius 1 is 1.23 bits per heavy atom. The van der Waals surface area contributed by atoms with Gasteiger partial charge in [-0.2, -0.15) is 0 Å². The SMILES string of the molecule is O=C(NC[C@@H]1CN[C@H](C(=O)N2CCSC2)C1)N1CCOCC1. The number of hydrogen-bond acceptors (Lipinski definition) is 5. The molecule has 3 aliphatic rings. The summed E-state index contributed by atoms with van der Waals surface area (Å²) in [5.74, 6) is 2.40. The summed E-state index contributed by atoms with van der Waals surface area (Å²) < 4.78 is 5.24. The van der Waals surface area contributed by atoms with Crippen molar-refractivity contribution in [2.45, 2.75) is 12.5 Å². The highest BCUT2D eigenvalue weighted by Crippen LogP contribution is 2.20. The smallest absolute Gasteiger partial charge is 0.317 e. The lowest BCUT2D eigenvalue weighted by molar-refractivity contribution is -0.131. The van der Waals surface area contributed by atoms with Gasteiger partial charge in [-0.05, 0) is 12.3 Å². The lowest BCUT2D eigenvalue weighted by Gasteiger charge is -2.27. The van der Waals surface area contributed by atoms with E-state index in [-0.39, 0.29) is 18.0 Å². The van der Waals surface area contributed by atoms with Crippen LogP contribution in [-0.4, -0.2) is 85.3 Å². The van der Waals surface area contributed by atoms with Gasteiger partial charge in [0.2, 0.25) is 5.91 Å². The fourth-order valence-corrected chi connectivity index (χ4v) is 4.03. The summed E-state index contributed by atoms with van der Waals surface area (Å²) in [4.78, 5) is 28.1. The molecule has 7 nitrogen and oxygen atoms in total. The number of nitrogens with zero attached hydrogens (tertiary/aromatic N) is 2. The summed E-state index contributed by atoms with van der Waals surface area (Å²) in [5.41, 5.74) is 0. The number of urea groups is 1. The Bertz CT molecular complexity index is 411. The van der Waals surface area contributed by atoms with Gasteiger partial charge in [0.15, 0.2) is 0 Å². The molecule has 3 heterocycles. The second-order valence-electron chi connectivity index (χ2n) is 5.99. The zero-order valence-corrected chi connectivity index (χ0v) is 13.6. The Hall–Kier alpha value is -0.990. The zero-order valence-electron chi connectivity index (χ0n) is 12.8. The van der Waals surface area contributed by atoms with Crippen molar-refractivity contribution in [1.29, 1.82) is 0 Å². The Labute approximate surface area is 135 Å². The number of ether oxygens (including phenoxy) is 1. The van der Waals surface area contributed by atoms with Crippen molar-refractivity contribution < 1.29 is 14.3 Å². The fraction of sp³-hybridized carbons (Fsp3) is 0.857. The molecule has 0 radical (unpaired) electrons. The molecule has 2 N–H and O–H groups in total. The molecule has 0 aliphatic carbocycles. The molecule has 0 spiro atoms. The van der Waals surface area contributed by atoms with E-state index in [0.717, 1.165) is 31.1 Å². The number of rotatable bonds is 3. The van der Waals surface area contributed by atoms with E-state index in [1.165, 1.54) is 0 Å². The predicted molar refractivity (Wildman–Crippen MR) is 84.7 cm³/mol. The number of amides is 3. The number of carbonyl (C=O) groups is 2. The zero-order chi connectivity index (χ0) is 15.4. The number of morpholine rings is 1. The van der Waals surface area contributed by atoms with E-state index in [1.807, 2.05) is 4.90 Å². The van der Waals surface area contributed by atoms with Crippen LogP contribution in [0.1, 0.15) is 6.42 Å². The summed E-state index contributed by atoms with van der Waals surface area (Å²) >= 11 is 1.80. The maximum absolute atomic E-state index is 12.3. The molecule has 0 aromatic rings. The van der Waals surface area contributed by atoms with Gasteiger partial charge >= 0.3 is 6.03 Å². The molecule has 22 heavy (non-hydrogen) atoms. The molecular formula is C14H24N4O3S. The van der Waals surface area contributed by atoms with Gasteiger partial charge in [-0.15, -0.1) is 11.8 Å². The molecule has 124 valence electrons. The van der Waals surface area contributed by atoms with Crippen LogP contribution in [0.2, 0.25) is 0 Å². The number of nitrogens with one attached hydrogen (secondary N) is 2. The molecule has 0 saturated carbocycles. The van der Waals surface area contributed by atoms with Gasteiger partial charge in [-0.25, -0.2) is 4.79 Å². The molecule has 0 aromatic carbocycles. The second kappa shape index (κ2) is 7.52. The van der Waals surface area contributed by atoms with Crippen LogP contribution < -0.4 is 10.6 Å². The van der Waals surface area contributed by atoms with E-state index in [2.05, 4.69) is 10.6 Å². The van der Waals surface area contributed by atoms with E-state index < -0.39 is 0 Å². The van der Waals surface area contributed by atoms with Crippen LogP contribution >= 0.6 is 11.8 Å². The van der Waals surface area contributed by atoms with Crippen molar-refractivity contribution >= 4 is 23.7 Å². The van der Waals surface area contributed by atoms with Gasteiger partial charge in [-0.3, -0.25) is 4.79 Å². The molecule has 3 fully saturated rings. The molecule has 0 aromatic heterocycles. The summed E-state index contributed by atoms with van der Waals surface area (Å²) in [7, 11) is 0. The Balaban J connectivity index is 1.39. The monoisotopic (exact) mass is 328 g/mol. The normalized spacial score (nSPS) is 28.9. The lowest BCUT2D eigenvalue weighted by Crippen LogP contribution is -2.47. The van der Waals surface area contributed by atoms with Crippen LogP contribution in [0.25, 0.3) is 0 Å². The minimum atomic E-state index is -0.0796. The maximum atomic E-state index is 12.3. The minimum absolute atomic E-state index is 0.0194. The van der Waals surface area contributed by atoms with Crippen molar-refractivity contribution in [2.24, 2.45) is 5.92 Å². The summed E-state index contributed by atoms with van der Waals surface area (Å²) in [6.45, 7) is 4.82. The molecule has 3 saturated heterocycles. The molecule has 0 unspecified atom stereocenters. The lowest BCUT2D eigenvalue weighted by atomic mass is 10.1. The van der Waals surface area contributed by atoms with Crippen molar-refractivity contribution in [3.05, 3.63) is 0 Å². The highest BCUT2D eigenvalue weighted by molar-refractivity contribution is 7.99. The molecule has 3 amide bonds. The first-order chi connectivity index (χ1) is 10.7. The molecule has 3 rings (SSSR count). The Morgan fingerprint density at radius 3 is 2.77 bits per heavy atom. The third-order valence-corrected chi connectivity index (χ3v) is 5.39. The van der Waals surface area contributed by atoms with Crippen LogP contribution in [0.5, 0.6) is 0 Å². The van der Waals surface area contributed by atoms with E-state index in [9.17, 15) is 9.59 Å². The second-order valence-corrected chi connectivity index (χ2v) is 7.06. The van der Waals surface area contributed by atoms with Crippen molar-refractivity contribution in [1.82, 2.24) is 20.4 Å². The summed E-state index contributed by atoms with van der Waals surface area (Å²) in [5, 5.41) is 6.29. The maximum Gasteiger partial charge on any atom is 0.317 e. The molecule has 8 heteroatoms. The number of thioether (sulfide) groups is 1. The highest BCUT2D eigenvalue weighted by Gasteiger charge is 2.33. The Morgan fingerprint density at radius 2 is 2.05 bits per heavy atom. The van der Waals surface area contributed by atoms with Crippen molar-refractivity contribution in [3.8, 4) is 0 Å². The van der Waals surface area contributed by atoms with E-state index in [1.54, 1.807) is 16.7 Å². The first kappa shape index (κ1) is 15.9. The van der Waals surface area contributed by atoms with Crippen molar-refractivity contribution in [2.75, 3.05) is 57.6 Å². The van der Waals surface area contributed by atoms with Gasteiger partial charge in [0, 0.05) is 38.5 Å². The summed E-state index contributed by atoms with van der Waals surface area (Å²) in [6, 6.07) is -0.0991. The molecular weight excluding hydrogens is 304 g/mol. The third-order valence-electron chi connectivity index (χ3n) is 4.42. The molecule has 2 atom stereocenters. The topological polar surface area (TPSA) is 73.9 Å². The van der Waals surface area contributed by atoms with Gasteiger partial charge in [-0.1, -0.05) is 0 Å². The van der Waals surface area contributed by atoms with Gasteiger partial charge < -0.3 is 25.2 Å². The van der Waals surface area contributed by atoms with Gasteiger partial charge in [0.1, 0.15) is 0 Å². The van der Waals surface area contributed by atoms with Crippen LogP contribution in [0.3, 0.4) is 0 Å². The van der Waals surface area contributed by atoms with Crippen molar-refractivity contribution in [3.63, 3.8) is 0 Å². The number of carbonyl (C=O) groups excluding carboxylic acids is 2. The first-order valence-corrected chi connectivity index (χ1v) is 9.10. The minimum Gasteiger partial charge on any atom is -0.378 e. The predicted octanol–water partition coefficient (Wildman–Crippen LogP) is -0.461. The highest BCUT2D eigenvalue weighted by atomic mass is 32.2.